The van der Waals surface area contributed by atoms with E-state index in [9.17, 15) is 0 Å². The van der Waals surface area contributed by atoms with Crippen LogP contribution < -0.4 is 0 Å². The van der Waals surface area contributed by atoms with Crippen LogP contribution in [0.4, 0.5) is 11.4 Å². The number of para-hydroxylation sites is 2. The summed E-state index contributed by atoms with van der Waals surface area (Å²) in [5, 5.41) is 0. The number of guanidine groups is 2. The molecule has 0 atom stereocenters. The van der Waals surface area contributed by atoms with Gasteiger partial charge in [0.2, 0.25) is 11.9 Å². The Balaban J connectivity index is 0.000000941. The summed E-state index contributed by atoms with van der Waals surface area (Å²) in [6.07, 6.45) is 0. The first kappa shape index (κ1) is 24.2. The van der Waals surface area contributed by atoms with Crippen molar-refractivity contribution in [3.05, 3.63) is 24.3 Å². The van der Waals surface area contributed by atoms with Gasteiger partial charge >= 0.3 is 34.5 Å². The van der Waals surface area contributed by atoms with Crippen molar-refractivity contribution in [3.8, 4) is 0 Å². The fraction of sp³-hybridized carbons (Fsp3) is 0.600. The van der Waals surface area contributed by atoms with E-state index in [1.807, 2.05) is 0 Å². The molecule has 2 heterocycles. The van der Waals surface area contributed by atoms with Crippen LogP contribution in [0.25, 0.3) is 0 Å². The van der Waals surface area contributed by atoms with E-state index in [-0.39, 0.29) is 0 Å². The summed E-state index contributed by atoms with van der Waals surface area (Å²) in [7, 11) is 9.90. The molecule has 3 rings (SSSR count). The van der Waals surface area contributed by atoms with Gasteiger partial charge < -0.3 is 19.6 Å². The normalized spacial score (nSPS) is 16.1. The van der Waals surface area contributed by atoms with Crippen LogP contribution in [-0.4, -0.2) is 83.9 Å². The predicted octanol–water partition coefficient (Wildman–Crippen LogP) is 4.35. The molecule has 9 heteroatoms. The molecule has 0 spiro atoms. The molecule has 0 N–H and O–H groups in total. The summed E-state index contributed by atoms with van der Waals surface area (Å²) in [5.74, 6) is 2.16. The molecule has 0 aliphatic carbocycles. The summed E-state index contributed by atoms with van der Waals surface area (Å²) in [6.45, 7) is 16.9. The van der Waals surface area contributed by atoms with Gasteiger partial charge in [0.05, 0.1) is 11.4 Å². The number of benzene rings is 1. The van der Waals surface area contributed by atoms with Crippen molar-refractivity contribution in [3.63, 3.8) is 0 Å². The molecule has 2 saturated heterocycles. The van der Waals surface area contributed by atoms with Crippen LogP contribution in [-0.2, 0) is 15.1 Å². The fourth-order valence-corrected chi connectivity index (χ4v) is 3.63. The maximum atomic E-state index is 5.03. The monoisotopic (exact) mass is 490 g/mol. The first-order valence-electron chi connectivity index (χ1n) is 10.5. The Kier molecular flexibility index (Phi) is 10.5. The molecule has 158 valence electrons. The molecule has 6 nitrogen and oxygen atoms in total. The molecule has 2 fully saturated rings. The zero-order chi connectivity index (χ0) is 21.2. The van der Waals surface area contributed by atoms with Crippen LogP contribution in [0.15, 0.2) is 34.3 Å². The number of likely N-dealkylation sites (N-methyl/N-ethyl adjacent to an activating group) is 4. The van der Waals surface area contributed by atoms with Crippen molar-refractivity contribution in [2.75, 3.05) is 52.4 Å². The Morgan fingerprint density at radius 2 is 0.966 bits per heavy atom. The molecule has 0 unspecified atom stereocenters. The van der Waals surface area contributed by atoms with Gasteiger partial charge in [-0.3, -0.25) is 0 Å². The van der Waals surface area contributed by atoms with Crippen LogP contribution in [0.5, 0.6) is 0 Å². The van der Waals surface area contributed by atoms with Crippen LogP contribution in [0, 0.1) is 0 Å². The average molecular weight is 493 g/mol. The zero-order valence-electron chi connectivity index (χ0n) is 18.1. The van der Waals surface area contributed by atoms with Crippen LogP contribution in [0.3, 0.4) is 0 Å². The van der Waals surface area contributed by atoms with E-state index in [2.05, 4.69) is 71.6 Å². The van der Waals surface area contributed by atoms with Gasteiger partial charge in [-0.1, -0.05) is 12.1 Å². The van der Waals surface area contributed by atoms with E-state index in [1.54, 1.807) is 0 Å². The summed E-state index contributed by atoms with van der Waals surface area (Å²) in [4.78, 5) is 19.4. The summed E-state index contributed by atoms with van der Waals surface area (Å²) in [5.41, 5.74) is 1.90. The molecule has 1 aromatic carbocycles. The molecule has 29 heavy (non-hydrogen) atoms. The molecule has 0 aromatic heterocycles. The second kappa shape index (κ2) is 12.6. The van der Waals surface area contributed by atoms with Crippen molar-refractivity contribution in [2.45, 2.75) is 27.7 Å². The summed E-state index contributed by atoms with van der Waals surface area (Å²) in [6, 6.07) is 8.25. The quantitative estimate of drug-likeness (QED) is 0.553. The third-order valence-corrected chi connectivity index (χ3v) is 5.26. The van der Waals surface area contributed by atoms with E-state index in [1.165, 1.54) is 0 Å². The first-order chi connectivity index (χ1) is 14.1. The van der Waals surface area contributed by atoms with Crippen molar-refractivity contribution >= 4 is 42.7 Å². The van der Waals surface area contributed by atoms with E-state index in [4.69, 9.17) is 29.4 Å². The van der Waals surface area contributed by atoms with Crippen molar-refractivity contribution in [1.82, 2.24) is 19.6 Å². The summed E-state index contributed by atoms with van der Waals surface area (Å²) < 4.78 is 0. The zero-order valence-corrected chi connectivity index (χ0v) is 22.6. The molecule has 0 saturated carbocycles. The van der Waals surface area contributed by atoms with Gasteiger partial charge in [0.1, 0.15) is 0 Å². The Morgan fingerprint density at radius 1 is 0.690 bits per heavy atom. The Hall–Kier alpha value is -1.04. The van der Waals surface area contributed by atoms with Crippen LogP contribution in [0.1, 0.15) is 27.7 Å². The number of hydrogen-bond donors (Lipinski definition) is 0. The molecular weight excluding hydrogens is 461 g/mol. The Labute approximate surface area is 191 Å². The molecule has 2 aliphatic rings. The molecule has 0 bridgehead atoms. The second-order valence-electron chi connectivity index (χ2n) is 6.73. The third kappa shape index (κ3) is 6.22. The van der Waals surface area contributed by atoms with Crippen LogP contribution >= 0.6 is 19.4 Å². The van der Waals surface area contributed by atoms with Gasteiger partial charge in [-0.05, 0) is 39.8 Å². The van der Waals surface area contributed by atoms with Gasteiger partial charge in [-0.2, -0.15) is 0 Å². The Bertz CT molecular complexity index is 614. The van der Waals surface area contributed by atoms with Crippen molar-refractivity contribution < 1.29 is 15.1 Å². The number of rotatable bonds is 6. The number of aliphatic imine (C=N–C) groups is 2. The number of hydrogen-bond acceptors (Lipinski definition) is 2. The van der Waals surface area contributed by atoms with Gasteiger partial charge in [0.15, 0.2) is 0 Å². The van der Waals surface area contributed by atoms with Crippen molar-refractivity contribution in [1.29, 1.82) is 0 Å². The second-order valence-corrected chi connectivity index (χ2v) is 11.4. The maximum absolute atomic E-state index is 5.03. The molecular formula is C20H32Cl2N6Zn. The van der Waals surface area contributed by atoms with Crippen molar-refractivity contribution in [2.24, 2.45) is 9.98 Å². The summed E-state index contributed by atoms with van der Waals surface area (Å²) >= 11 is -0.931. The molecule has 1 aromatic rings. The fourth-order valence-electron chi connectivity index (χ4n) is 3.63. The predicted molar refractivity (Wildman–Crippen MR) is 121 cm³/mol. The van der Waals surface area contributed by atoms with Gasteiger partial charge in [0.25, 0.3) is 0 Å². The number of halogens is 2. The molecule has 0 radical (unpaired) electrons. The van der Waals surface area contributed by atoms with E-state index >= 15 is 0 Å². The van der Waals surface area contributed by atoms with E-state index < -0.39 is 15.1 Å². The van der Waals surface area contributed by atoms with Crippen LogP contribution in [0.2, 0.25) is 0 Å². The van der Waals surface area contributed by atoms with E-state index in [0.29, 0.717) is 0 Å². The standard InChI is InChI=1S/C20H32N6.2ClH.Zn/c1-5-23-13-14-24(6-2)19(23)21-17-11-9-10-12-18(17)22-20-25(7-3)15-16-26(20)8-4;;;/h9-12H,5-8,13-16H2,1-4H3;2*1H;/q;;;+2/p-2. The number of nitrogens with zero attached hydrogens (tertiary/aromatic N) is 6. The van der Waals surface area contributed by atoms with Gasteiger partial charge in [-0.15, -0.1) is 0 Å². The Morgan fingerprint density at radius 3 is 1.21 bits per heavy atom. The molecule has 0 amide bonds. The van der Waals surface area contributed by atoms with E-state index in [0.717, 1.165) is 75.7 Å². The van der Waals surface area contributed by atoms with Gasteiger partial charge in [-0.25, -0.2) is 9.98 Å². The minimum absolute atomic E-state index is 0.931. The van der Waals surface area contributed by atoms with Gasteiger partial charge in [0, 0.05) is 52.4 Å². The minimum atomic E-state index is -0.931. The average Bonchev–Trinajstić information content (AvgIpc) is 3.32. The third-order valence-electron chi connectivity index (χ3n) is 5.26. The SMILES string of the molecule is CCN1CCN(CC)C1=Nc1ccccc1N=C1N(CC)CCN1CC.[Cl][Zn][Cl]. The first-order valence-corrected chi connectivity index (χ1v) is 18.3. The molecule has 2 aliphatic heterocycles. The topological polar surface area (TPSA) is 37.7 Å².